The molecular weight excluding hydrogens is 447 g/mol. The van der Waals surface area contributed by atoms with Crippen molar-refractivity contribution >= 4 is 39.1 Å². The van der Waals surface area contributed by atoms with Gasteiger partial charge >= 0.3 is 0 Å². The number of nitrogens with one attached hydrogen (secondary N) is 1. The first kappa shape index (κ1) is 23.0. The first-order valence-corrected chi connectivity index (χ1v) is 11.8. The fourth-order valence-electron chi connectivity index (χ4n) is 3.17. The van der Waals surface area contributed by atoms with Crippen molar-refractivity contribution in [1.29, 1.82) is 0 Å². The lowest BCUT2D eigenvalue weighted by Crippen LogP contribution is -2.42. The van der Waals surface area contributed by atoms with Crippen molar-refractivity contribution in [3.8, 4) is 0 Å². The van der Waals surface area contributed by atoms with Crippen molar-refractivity contribution < 1.29 is 17.9 Å². The molecule has 0 radical (unpaired) electrons. The molecular formula is C21H24Cl2N2O4S. The highest BCUT2D eigenvalue weighted by Crippen LogP contribution is 2.25. The summed E-state index contributed by atoms with van der Waals surface area (Å²) < 4.78 is 33.2. The van der Waals surface area contributed by atoms with E-state index in [9.17, 15) is 13.2 Å². The number of ether oxygens (including phenoxy) is 1. The summed E-state index contributed by atoms with van der Waals surface area (Å²) in [6.07, 6.45) is 1.82. The van der Waals surface area contributed by atoms with Gasteiger partial charge in [-0.25, -0.2) is 8.42 Å². The van der Waals surface area contributed by atoms with Crippen LogP contribution in [0.4, 0.5) is 0 Å². The van der Waals surface area contributed by atoms with Gasteiger partial charge in [-0.3, -0.25) is 4.79 Å². The Bertz CT molecular complexity index is 991. The summed E-state index contributed by atoms with van der Waals surface area (Å²) in [7, 11) is -3.93. The molecule has 0 bridgehead atoms. The smallest absolute Gasteiger partial charge is 0.243 e. The molecule has 9 heteroatoms. The lowest BCUT2D eigenvalue weighted by atomic mass is 10.2. The number of hydrogen-bond acceptors (Lipinski definition) is 4. The maximum atomic E-state index is 13.3. The Labute approximate surface area is 187 Å². The van der Waals surface area contributed by atoms with Gasteiger partial charge in [-0.15, -0.1) is 0 Å². The van der Waals surface area contributed by atoms with E-state index in [1.807, 2.05) is 6.92 Å². The molecule has 1 aliphatic heterocycles. The molecule has 0 spiro atoms. The number of carbonyl (C=O) groups is 1. The second kappa shape index (κ2) is 10.1. The van der Waals surface area contributed by atoms with Gasteiger partial charge in [-0.2, -0.15) is 4.31 Å². The van der Waals surface area contributed by atoms with E-state index in [-0.39, 0.29) is 24.1 Å². The van der Waals surface area contributed by atoms with Crippen LogP contribution in [0.1, 0.15) is 24.0 Å². The molecule has 30 heavy (non-hydrogen) atoms. The van der Waals surface area contributed by atoms with E-state index in [4.69, 9.17) is 27.9 Å². The Morgan fingerprint density at radius 3 is 2.57 bits per heavy atom. The van der Waals surface area contributed by atoms with Crippen molar-refractivity contribution in [2.24, 2.45) is 0 Å². The van der Waals surface area contributed by atoms with Gasteiger partial charge in [0.25, 0.3) is 0 Å². The molecule has 1 heterocycles. The van der Waals surface area contributed by atoms with E-state index >= 15 is 0 Å². The zero-order valence-electron chi connectivity index (χ0n) is 16.6. The average molecular weight is 471 g/mol. The standard InChI is InChI=1S/C21H24Cl2N2O4S/c1-15-4-8-19(9-5-15)30(27,28)25(13-16-6-7-17(22)11-20(16)23)14-21(26)24-12-18-3-2-10-29-18/h4-9,11,18H,2-3,10,12-14H2,1H3,(H,24,26)/t18-/m0/s1. The van der Waals surface area contributed by atoms with Crippen LogP contribution in [0.3, 0.4) is 0 Å². The SMILES string of the molecule is Cc1ccc(S(=O)(=O)N(CC(=O)NC[C@@H]2CCCO2)Cc2ccc(Cl)cc2Cl)cc1. The van der Waals surface area contributed by atoms with Crippen LogP contribution in [0, 0.1) is 6.92 Å². The normalized spacial score (nSPS) is 16.7. The van der Waals surface area contributed by atoms with Gasteiger partial charge in [0, 0.05) is 29.7 Å². The van der Waals surface area contributed by atoms with E-state index in [1.54, 1.807) is 30.3 Å². The maximum Gasteiger partial charge on any atom is 0.243 e. The minimum atomic E-state index is -3.93. The third-order valence-electron chi connectivity index (χ3n) is 4.89. The summed E-state index contributed by atoms with van der Waals surface area (Å²) in [5.41, 5.74) is 1.50. The van der Waals surface area contributed by atoms with Crippen molar-refractivity contribution in [3.63, 3.8) is 0 Å². The van der Waals surface area contributed by atoms with Crippen LogP contribution < -0.4 is 5.32 Å². The summed E-state index contributed by atoms with van der Waals surface area (Å²) in [5, 5.41) is 3.56. The molecule has 1 amide bonds. The number of rotatable bonds is 8. The van der Waals surface area contributed by atoms with Crippen LogP contribution in [-0.2, 0) is 26.1 Å². The third-order valence-corrected chi connectivity index (χ3v) is 7.28. The molecule has 1 fully saturated rings. The van der Waals surface area contributed by atoms with Gasteiger partial charge in [0.1, 0.15) is 0 Å². The Balaban J connectivity index is 1.81. The molecule has 3 rings (SSSR count). The van der Waals surface area contributed by atoms with Crippen molar-refractivity contribution in [2.75, 3.05) is 19.7 Å². The van der Waals surface area contributed by atoms with Crippen LogP contribution in [-0.4, -0.2) is 44.4 Å². The number of carbonyl (C=O) groups excluding carboxylic acids is 1. The van der Waals surface area contributed by atoms with Gasteiger partial charge < -0.3 is 10.1 Å². The predicted octanol–water partition coefficient (Wildman–Crippen LogP) is 3.79. The van der Waals surface area contributed by atoms with Crippen LogP contribution in [0.15, 0.2) is 47.4 Å². The highest BCUT2D eigenvalue weighted by Gasteiger charge is 2.28. The molecule has 1 aliphatic rings. The second-order valence-corrected chi connectivity index (χ2v) is 10.0. The van der Waals surface area contributed by atoms with E-state index in [2.05, 4.69) is 5.32 Å². The highest BCUT2D eigenvalue weighted by atomic mass is 35.5. The summed E-state index contributed by atoms with van der Waals surface area (Å²) in [4.78, 5) is 12.7. The van der Waals surface area contributed by atoms with Gasteiger partial charge in [0.05, 0.1) is 17.5 Å². The van der Waals surface area contributed by atoms with E-state index in [0.717, 1.165) is 22.7 Å². The van der Waals surface area contributed by atoms with Crippen molar-refractivity contribution in [2.45, 2.75) is 37.3 Å². The largest absolute Gasteiger partial charge is 0.376 e. The van der Waals surface area contributed by atoms with Gasteiger partial charge in [0.2, 0.25) is 15.9 Å². The molecule has 1 N–H and O–H groups in total. The molecule has 1 atom stereocenters. The number of sulfonamides is 1. The number of hydrogen-bond donors (Lipinski definition) is 1. The average Bonchev–Trinajstić information content (AvgIpc) is 3.22. The quantitative estimate of drug-likeness (QED) is 0.636. The van der Waals surface area contributed by atoms with Crippen LogP contribution in [0.5, 0.6) is 0 Å². The van der Waals surface area contributed by atoms with E-state index < -0.39 is 15.9 Å². The molecule has 2 aromatic carbocycles. The summed E-state index contributed by atoms with van der Waals surface area (Å²) in [5.74, 6) is -0.397. The molecule has 0 aliphatic carbocycles. The summed E-state index contributed by atoms with van der Waals surface area (Å²) >= 11 is 12.2. The molecule has 6 nitrogen and oxygen atoms in total. The number of benzene rings is 2. The minimum absolute atomic E-state index is 0.0261. The van der Waals surface area contributed by atoms with Crippen molar-refractivity contribution in [1.82, 2.24) is 9.62 Å². The molecule has 1 saturated heterocycles. The topological polar surface area (TPSA) is 75.7 Å². The van der Waals surface area contributed by atoms with Crippen molar-refractivity contribution in [3.05, 3.63) is 63.6 Å². The molecule has 0 aromatic heterocycles. The second-order valence-electron chi connectivity index (χ2n) is 7.26. The molecule has 0 unspecified atom stereocenters. The Hall–Kier alpha value is -1.64. The summed E-state index contributed by atoms with van der Waals surface area (Å²) in [6.45, 7) is 2.53. The number of aryl methyl sites for hydroxylation is 1. The fourth-order valence-corrected chi connectivity index (χ4v) is 5.02. The van der Waals surface area contributed by atoms with Gasteiger partial charge in [0.15, 0.2) is 0 Å². The van der Waals surface area contributed by atoms with Gasteiger partial charge in [-0.1, -0.05) is 47.0 Å². The Morgan fingerprint density at radius 1 is 1.20 bits per heavy atom. The third kappa shape index (κ3) is 5.95. The van der Waals surface area contributed by atoms with Crippen LogP contribution in [0.2, 0.25) is 10.0 Å². The molecule has 0 saturated carbocycles. The molecule has 162 valence electrons. The first-order valence-electron chi connectivity index (χ1n) is 9.65. The van der Waals surface area contributed by atoms with Crippen LogP contribution in [0.25, 0.3) is 0 Å². The number of amides is 1. The maximum absolute atomic E-state index is 13.3. The Morgan fingerprint density at radius 2 is 1.93 bits per heavy atom. The van der Waals surface area contributed by atoms with E-state index in [0.29, 0.717) is 28.8 Å². The number of halogens is 2. The van der Waals surface area contributed by atoms with Crippen LogP contribution >= 0.6 is 23.2 Å². The summed E-state index contributed by atoms with van der Waals surface area (Å²) in [6, 6.07) is 11.3. The van der Waals surface area contributed by atoms with Gasteiger partial charge in [-0.05, 0) is 49.6 Å². The zero-order valence-corrected chi connectivity index (χ0v) is 18.9. The highest BCUT2D eigenvalue weighted by molar-refractivity contribution is 7.89. The lowest BCUT2D eigenvalue weighted by Gasteiger charge is -2.23. The molecule has 2 aromatic rings. The number of nitrogens with zero attached hydrogens (tertiary/aromatic N) is 1. The Kier molecular flexibility index (Phi) is 7.76. The minimum Gasteiger partial charge on any atom is -0.376 e. The first-order chi connectivity index (χ1) is 14.3. The monoisotopic (exact) mass is 470 g/mol. The predicted molar refractivity (Wildman–Crippen MR) is 117 cm³/mol. The van der Waals surface area contributed by atoms with E-state index in [1.165, 1.54) is 12.1 Å². The lowest BCUT2D eigenvalue weighted by molar-refractivity contribution is -0.121. The fraction of sp³-hybridized carbons (Fsp3) is 0.381. The zero-order chi connectivity index (χ0) is 21.7.